The van der Waals surface area contributed by atoms with E-state index in [-0.39, 0.29) is 21.4 Å². The molecule has 1 aliphatic carbocycles. The smallest absolute Gasteiger partial charge is 0.258 e. The zero-order valence-corrected chi connectivity index (χ0v) is 15.6. The van der Waals surface area contributed by atoms with Crippen LogP contribution in [0.2, 0.25) is 0 Å². The van der Waals surface area contributed by atoms with Crippen LogP contribution >= 0.6 is 0 Å². The second-order valence-electron chi connectivity index (χ2n) is 8.38. The number of nitro groups is 1. The Balaban J connectivity index is 1.95. The average Bonchev–Trinajstić information content (AvgIpc) is 2.72. The SMILES string of the molecule is CC(=Cc1ccc2c(c1)C(C)(C)CC2(C)C)c1ccc([N+](=O)[O-])cc1. The summed E-state index contributed by atoms with van der Waals surface area (Å²) in [4.78, 5) is 10.4. The fourth-order valence-corrected chi connectivity index (χ4v) is 4.28. The Morgan fingerprint density at radius 1 is 1.00 bits per heavy atom. The summed E-state index contributed by atoms with van der Waals surface area (Å²) in [6.07, 6.45) is 3.31. The zero-order valence-electron chi connectivity index (χ0n) is 15.6. The van der Waals surface area contributed by atoms with Gasteiger partial charge in [-0.25, -0.2) is 0 Å². The van der Waals surface area contributed by atoms with Gasteiger partial charge in [-0.05, 0) is 64.1 Å². The summed E-state index contributed by atoms with van der Waals surface area (Å²) in [5.74, 6) is 0. The van der Waals surface area contributed by atoms with Gasteiger partial charge in [0.25, 0.3) is 5.69 Å². The first-order valence-corrected chi connectivity index (χ1v) is 8.68. The van der Waals surface area contributed by atoms with E-state index in [1.54, 1.807) is 12.1 Å². The zero-order chi connectivity index (χ0) is 18.4. The molecule has 0 aromatic heterocycles. The molecule has 0 bridgehead atoms. The first-order valence-electron chi connectivity index (χ1n) is 8.68. The van der Waals surface area contributed by atoms with Crippen molar-refractivity contribution in [1.82, 2.24) is 0 Å². The lowest BCUT2D eigenvalue weighted by molar-refractivity contribution is -0.384. The highest BCUT2D eigenvalue weighted by atomic mass is 16.6. The molecular formula is C22H25NO2. The summed E-state index contributed by atoms with van der Waals surface area (Å²) in [7, 11) is 0. The molecule has 0 amide bonds. The van der Waals surface area contributed by atoms with Gasteiger partial charge in [-0.15, -0.1) is 0 Å². The monoisotopic (exact) mass is 335 g/mol. The molecule has 2 aromatic rings. The van der Waals surface area contributed by atoms with Crippen LogP contribution in [-0.2, 0) is 10.8 Å². The van der Waals surface area contributed by atoms with E-state index in [2.05, 4.69) is 52.0 Å². The molecule has 3 rings (SSSR count). The number of rotatable bonds is 3. The Kier molecular flexibility index (Phi) is 4.06. The summed E-state index contributed by atoms with van der Waals surface area (Å²) < 4.78 is 0. The number of fused-ring (bicyclic) bond motifs is 1. The van der Waals surface area contributed by atoms with Crippen molar-refractivity contribution in [3.05, 3.63) is 74.8 Å². The number of nitrogens with zero attached hydrogens (tertiary/aromatic N) is 1. The van der Waals surface area contributed by atoms with E-state index in [1.165, 1.54) is 16.7 Å². The van der Waals surface area contributed by atoms with E-state index >= 15 is 0 Å². The van der Waals surface area contributed by atoms with E-state index in [9.17, 15) is 10.1 Å². The van der Waals surface area contributed by atoms with Gasteiger partial charge in [0.1, 0.15) is 0 Å². The molecule has 25 heavy (non-hydrogen) atoms. The summed E-state index contributed by atoms with van der Waals surface area (Å²) in [6.45, 7) is 11.3. The molecule has 1 aliphatic rings. The summed E-state index contributed by atoms with van der Waals surface area (Å²) in [6, 6.07) is 13.5. The van der Waals surface area contributed by atoms with Gasteiger partial charge >= 0.3 is 0 Å². The van der Waals surface area contributed by atoms with Crippen molar-refractivity contribution >= 4 is 17.3 Å². The van der Waals surface area contributed by atoms with Gasteiger partial charge in [-0.2, -0.15) is 0 Å². The third-order valence-electron chi connectivity index (χ3n) is 5.30. The molecule has 0 saturated carbocycles. The van der Waals surface area contributed by atoms with Gasteiger partial charge in [-0.1, -0.05) is 52.0 Å². The fraction of sp³-hybridized carbons (Fsp3) is 0.364. The van der Waals surface area contributed by atoms with E-state index in [0.717, 1.165) is 17.6 Å². The maximum Gasteiger partial charge on any atom is 0.269 e. The Morgan fingerprint density at radius 2 is 1.60 bits per heavy atom. The highest BCUT2D eigenvalue weighted by molar-refractivity contribution is 5.80. The molecule has 0 heterocycles. The number of hydrogen-bond acceptors (Lipinski definition) is 2. The molecule has 0 unspecified atom stereocenters. The summed E-state index contributed by atoms with van der Waals surface area (Å²) >= 11 is 0. The van der Waals surface area contributed by atoms with Crippen molar-refractivity contribution in [2.45, 2.75) is 51.9 Å². The molecular weight excluding hydrogens is 310 g/mol. The van der Waals surface area contributed by atoms with Crippen LogP contribution in [-0.4, -0.2) is 4.92 Å². The van der Waals surface area contributed by atoms with Crippen molar-refractivity contribution in [3.8, 4) is 0 Å². The van der Waals surface area contributed by atoms with Gasteiger partial charge in [-0.3, -0.25) is 10.1 Å². The first-order chi connectivity index (χ1) is 11.6. The molecule has 0 atom stereocenters. The molecule has 3 heteroatoms. The number of benzene rings is 2. The maximum atomic E-state index is 10.8. The predicted octanol–water partition coefficient (Wildman–Crippen LogP) is 6.11. The lowest BCUT2D eigenvalue weighted by atomic mass is 9.82. The second-order valence-corrected chi connectivity index (χ2v) is 8.38. The third-order valence-corrected chi connectivity index (χ3v) is 5.30. The van der Waals surface area contributed by atoms with Crippen LogP contribution < -0.4 is 0 Å². The second kappa shape index (κ2) is 5.83. The molecule has 130 valence electrons. The number of allylic oxidation sites excluding steroid dienone is 1. The Hall–Kier alpha value is -2.42. The summed E-state index contributed by atoms with van der Waals surface area (Å²) in [5, 5.41) is 10.8. The van der Waals surface area contributed by atoms with Crippen LogP contribution in [0.4, 0.5) is 5.69 Å². The minimum atomic E-state index is -0.368. The molecule has 0 N–H and O–H groups in total. The molecule has 0 spiro atoms. The summed E-state index contributed by atoms with van der Waals surface area (Å²) in [5.41, 5.74) is 6.69. The minimum absolute atomic E-state index is 0.123. The lowest BCUT2D eigenvalue weighted by Crippen LogP contribution is -2.17. The number of hydrogen-bond donors (Lipinski definition) is 0. The van der Waals surface area contributed by atoms with Gasteiger partial charge in [0.15, 0.2) is 0 Å². The van der Waals surface area contributed by atoms with E-state index in [0.29, 0.717) is 0 Å². The fourth-order valence-electron chi connectivity index (χ4n) is 4.28. The van der Waals surface area contributed by atoms with Crippen LogP contribution in [0.25, 0.3) is 11.6 Å². The van der Waals surface area contributed by atoms with Gasteiger partial charge in [0.2, 0.25) is 0 Å². The van der Waals surface area contributed by atoms with E-state index in [1.807, 2.05) is 19.1 Å². The topological polar surface area (TPSA) is 43.1 Å². The van der Waals surface area contributed by atoms with Gasteiger partial charge < -0.3 is 0 Å². The van der Waals surface area contributed by atoms with E-state index < -0.39 is 0 Å². The normalized spacial score (nSPS) is 18.0. The third kappa shape index (κ3) is 3.23. The number of non-ortho nitro benzene ring substituents is 1. The van der Waals surface area contributed by atoms with Crippen molar-refractivity contribution in [2.24, 2.45) is 0 Å². The Bertz CT molecular complexity index is 858. The Labute approximate surface area is 149 Å². The largest absolute Gasteiger partial charge is 0.269 e. The van der Waals surface area contributed by atoms with Crippen LogP contribution in [0.1, 0.15) is 63.3 Å². The molecule has 3 nitrogen and oxygen atoms in total. The molecule has 0 radical (unpaired) electrons. The van der Waals surface area contributed by atoms with Crippen LogP contribution in [0, 0.1) is 10.1 Å². The highest BCUT2D eigenvalue weighted by Crippen LogP contribution is 2.49. The number of nitro benzene ring substituents is 1. The highest BCUT2D eigenvalue weighted by Gasteiger charge is 2.41. The quantitative estimate of drug-likeness (QED) is 0.385. The van der Waals surface area contributed by atoms with Crippen molar-refractivity contribution < 1.29 is 4.92 Å². The van der Waals surface area contributed by atoms with Crippen molar-refractivity contribution in [1.29, 1.82) is 0 Å². The molecule has 0 saturated heterocycles. The van der Waals surface area contributed by atoms with Crippen molar-refractivity contribution in [3.63, 3.8) is 0 Å². The standard InChI is InChI=1S/C22H25NO2/c1-15(17-7-9-18(10-8-17)23(24)25)12-16-6-11-19-20(13-16)22(4,5)14-21(19,2)3/h6-13H,14H2,1-5H3. The molecule has 0 aliphatic heterocycles. The van der Waals surface area contributed by atoms with Gasteiger partial charge in [0.05, 0.1) is 4.92 Å². The minimum Gasteiger partial charge on any atom is -0.258 e. The molecule has 0 fully saturated rings. The van der Waals surface area contributed by atoms with Gasteiger partial charge in [0, 0.05) is 12.1 Å². The average molecular weight is 335 g/mol. The first kappa shape index (κ1) is 17.4. The van der Waals surface area contributed by atoms with E-state index in [4.69, 9.17) is 0 Å². The Morgan fingerprint density at radius 3 is 2.20 bits per heavy atom. The van der Waals surface area contributed by atoms with Crippen LogP contribution in [0.3, 0.4) is 0 Å². The molecule has 2 aromatic carbocycles. The predicted molar refractivity (Wildman–Crippen MR) is 104 cm³/mol. The van der Waals surface area contributed by atoms with Crippen molar-refractivity contribution in [2.75, 3.05) is 0 Å². The van der Waals surface area contributed by atoms with Crippen LogP contribution in [0.5, 0.6) is 0 Å². The van der Waals surface area contributed by atoms with Crippen LogP contribution in [0.15, 0.2) is 42.5 Å². The maximum absolute atomic E-state index is 10.8. The lowest BCUT2D eigenvalue weighted by Gasteiger charge is -2.22.